The number of carbonyl (C=O) groups excluding carboxylic acids is 1. The largest absolute Gasteiger partial charge is 0.378 e. The molecule has 31 heavy (non-hydrogen) atoms. The zero-order valence-electron chi connectivity index (χ0n) is 16.3. The van der Waals surface area contributed by atoms with Gasteiger partial charge in [-0.3, -0.25) is 9.36 Å². The maximum atomic E-state index is 12.6. The third-order valence-electron chi connectivity index (χ3n) is 4.51. The smallest absolute Gasteiger partial charge is 0.196 e. The Bertz CT molecular complexity index is 1160. The molecule has 0 radical (unpaired) electrons. The number of hydrogen-bond donors (Lipinski definition) is 1. The van der Waals surface area contributed by atoms with Gasteiger partial charge in [-0.25, -0.2) is 0 Å². The van der Waals surface area contributed by atoms with Gasteiger partial charge in [0.15, 0.2) is 16.8 Å². The number of Topliss-reactive ketones (excluding diaryl/α,β-unsaturated/α-hetero) is 1. The molecule has 1 N–H and O–H groups in total. The molecule has 0 amide bonds. The normalized spacial score (nSPS) is 10.8. The molecular formula is C23H18Cl2N4OS. The molecule has 3 aromatic carbocycles. The predicted octanol–water partition coefficient (Wildman–Crippen LogP) is 6.16. The highest BCUT2D eigenvalue weighted by atomic mass is 35.5. The average molecular weight is 469 g/mol. The number of hydrogen-bond acceptors (Lipinski definition) is 5. The maximum absolute atomic E-state index is 12.6. The van der Waals surface area contributed by atoms with E-state index in [1.165, 1.54) is 11.8 Å². The minimum absolute atomic E-state index is 0.00474. The van der Waals surface area contributed by atoms with Crippen molar-refractivity contribution in [2.75, 3.05) is 11.1 Å². The lowest BCUT2D eigenvalue weighted by atomic mass is 10.1. The summed E-state index contributed by atoms with van der Waals surface area (Å²) < 4.78 is 1.96. The third-order valence-corrected chi connectivity index (χ3v) is 5.94. The van der Waals surface area contributed by atoms with Crippen molar-refractivity contribution in [1.29, 1.82) is 0 Å². The predicted molar refractivity (Wildman–Crippen MR) is 127 cm³/mol. The van der Waals surface area contributed by atoms with Gasteiger partial charge in [0, 0.05) is 27.0 Å². The van der Waals surface area contributed by atoms with Gasteiger partial charge in [0.2, 0.25) is 0 Å². The van der Waals surface area contributed by atoms with Gasteiger partial charge in [0.25, 0.3) is 0 Å². The molecule has 4 rings (SSSR count). The van der Waals surface area contributed by atoms with E-state index in [0.29, 0.717) is 27.3 Å². The van der Waals surface area contributed by atoms with E-state index in [1.807, 2.05) is 59.2 Å². The van der Waals surface area contributed by atoms with E-state index in [1.54, 1.807) is 24.3 Å². The fourth-order valence-electron chi connectivity index (χ4n) is 2.94. The van der Waals surface area contributed by atoms with Crippen molar-refractivity contribution in [3.8, 4) is 5.69 Å². The molecule has 4 aromatic rings. The van der Waals surface area contributed by atoms with Crippen LogP contribution in [0, 0.1) is 0 Å². The Morgan fingerprint density at radius 3 is 2.19 bits per heavy atom. The van der Waals surface area contributed by atoms with Crippen LogP contribution in [-0.4, -0.2) is 26.3 Å². The molecule has 1 heterocycles. The molecule has 0 aliphatic heterocycles. The highest BCUT2D eigenvalue weighted by Crippen LogP contribution is 2.24. The van der Waals surface area contributed by atoms with Gasteiger partial charge in [-0.2, -0.15) is 0 Å². The number of carbonyl (C=O) groups is 1. The summed E-state index contributed by atoms with van der Waals surface area (Å²) in [6.45, 7) is 0.467. The van der Waals surface area contributed by atoms with Gasteiger partial charge in [-0.05, 0) is 60.7 Å². The lowest BCUT2D eigenvalue weighted by molar-refractivity contribution is 0.102. The molecule has 5 nitrogen and oxygen atoms in total. The summed E-state index contributed by atoms with van der Waals surface area (Å²) in [7, 11) is 0. The van der Waals surface area contributed by atoms with E-state index < -0.39 is 0 Å². The number of para-hydroxylation sites is 1. The third kappa shape index (κ3) is 5.47. The van der Waals surface area contributed by atoms with E-state index in [2.05, 4.69) is 15.5 Å². The molecule has 0 bridgehead atoms. The first-order chi connectivity index (χ1) is 15.1. The van der Waals surface area contributed by atoms with Gasteiger partial charge in [-0.1, -0.05) is 53.2 Å². The molecular weight excluding hydrogens is 451 g/mol. The first-order valence-electron chi connectivity index (χ1n) is 9.51. The Morgan fingerprint density at radius 2 is 1.52 bits per heavy atom. The molecule has 0 spiro atoms. The van der Waals surface area contributed by atoms with E-state index in [0.717, 1.165) is 17.2 Å². The summed E-state index contributed by atoms with van der Waals surface area (Å²) in [6.07, 6.45) is 0. The van der Waals surface area contributed by atoms with Crippen molar-refractivity contribution in [3.63, 3.8) is 0 Å². The lowest BCUT2D eigenvalue weighted by Crippen LogP contribution is -2.09. The summed E-state index contributed by atoms with van der Waals surface area (Å²) >= 11 is 13.2. The topological polar surface area (TPSA) is 59.8 Å². The molecule has 0 aliphatic carbocycles. The van der Waals surface area contributed by atoms with E-state index in [-0.39, 0.29) is 11.5 Å². The minimum atomic E-state index is 0.00474. The van der Waals surface area contributed by atoms with E-state index in [4.69, 9.17) is 23.2 Å². The number of nitrogens with zero attached hydrogens (tertiary/aromatic N) is 3. The lowest BCUT2D eigenvalue weighted by Gasteiger charge is -2.11. The van der Waals surface area contributed by atoms with Crippen molar-refractivity contribution in [2.45, 2.75) is 11.7 Å². The number of rotatable bonds is 8. The second-order valence-corrected chi connectivity index (χ2v) is 8.46. The van der Waals surface area contributed by atoms with Crippen molar-refractivity contribution in [3.05, 3.63) is 100 Å². The summed E-state index contributed by atoms with van der Waals surface area (Å²) in [5.74, 6) is 0.990. The summed E-state index contributed by atoms with van der Waals surface area (Å²) in [6, 6.07) is 24.2. The maximum Gasteiger partial charge on any atom is 0.196 e. The van der Waals surface area contributed by atoms with Crippen LogP contribution in [0.25, 0.3) is 5.69 Å². The van der Waals surface area contributed by atoms with Crippen LogP contribution >= 0.6 is 35.0 Å². The number of anilines is 1. The number of benzene rings is 3. The van der Waals surface area contributed by atoms with Crippen LogP contribution in [0.2, 0.25) is 10.0 Å². The van der Waals surface area contributed by atoms with Crippen LogP contribution in [-0.2, 0) is 6.54 Å². The van der Waals surface area contributed by atoms with Crippen LogP contribution in [0.5, 0.6) is 0 Å². The fraction of sp³-hybridized carbons (Fsp3) is 0.0870. The van der Waals surface area contributed by atoms with Gasteiger partial charge in [-0.15, -0.1) is 10.2 Å². The fourth-order valence-corrected chi connectivity index (χ4v) is 4.06. The highest BCUT2D eigenvalue weighted by molar-refractivity contribution is 7.99. The van der Waals surface area contributed by atoms with Crippen LogP contribution in [0.4, 0.5) is 5.69 Å². The summed E-state index contributed by atoms with van der Waals surface area (Å²) in [5, 5.41) is 14.0. The Morgan fingerprint density at radius 1 is 0.871 bits per heavy atom. The number of ketones is 1. The molecule has 0 atom stereocenters. The van der Waals surface area contributed by atoms with E-state index in [9.17, 15) is 4.79 Å². The van der Waals surface area contributed by atoms with E-state index >= 15 is 0 Å². The average Bonchev–Trinajstić information content (AvgIpc) is 3.21. The number of thioether (sulfide) groups is 1. The minimum Gasteiger partial charge on any atom is -0.378 e. The molecule has 0 fully saturated rings. The second-order valence-electron chi connectivity index (χ2n) is 6.65. The molecule has 156 valence electrons. The number of nitrogens with one attached hydrogen (secondary N) is 1. The van der Waals surface area contributed by atoms with Crippen molar-refractivity contribution in [1.82, 2.24) is 14.8 Å². The monoisotopic (exact) mass is 468 g/mol. The molecule has 0 unspecified atom stereocenters. The van der Waals surface area contributed by atoms with Crippen molar-refractivity contribution < 1.29 is 4.79 Å². The Hall–Kier alpha value is -2.80. The SMILES string of the molecule is O=C(CSc1nnc(CNc2ccc(Cl)cc2)n1-c1ccccc1)c1ccc(Cl)cc1. The molecule has 8 heteroatoms. The van der Waals surface area contributed by atoms with Crippen LogP contribution in [0.1, 0.15) is 16.2 Å². The standard InChI is InChI=1S/C23H18Cl2N4OS/c24-17-8-6-16(7-9-17)21(30)15-31-23-28-27-22(29(23)20-4-2-1-3-5-20)14-26-19-12-10-18(25)11-13-19/h1-13,26H,14-15H2. The second kappa shape index (κ2) is 10.0. The molecule has 1 aromatic heterocycles. The molecule has 0 saturated carbocycles. The Kier molecular flexibility index (Phi) is 6.92. The summed E-state index contributed by atoms with van der Waals surface area (Å²) in [4.78, 5) is 12.6. The molecule has 0 aliphatic rings. The Balaban J connectivity index is 1.53. The van der Waals surface area contributed by atoms with Crippen molar-refractivity contribution in [2.24, 2.45) is 0 Å². The first kappa shape index (κ1) is 21.4. The summed E-state index contributed by atoms with van der Waals surface area (Å²) in [5.41, 5.74) is 2.48. The number of aromatic nitrogens is 3. The zero-order chi connectivity index (χ0) is 21.6. The van der Waals surface area contributed by atoms with Crippen LogP contribution in [0.15, 0.2) is 84.0 Å². The van der Waals surface area contributed by atoms with Gasteiger partial charge < -0.3 is 5.32 Å². The van der Waals surface area contributed by atoms with Gasteiger partial charge >= 0.3 is 0 Å². The van der Waals surface area contributed by atoms with Crippen LogP contribution < -0.4 is 5.32 Å². The quantitative estimate of drug-likeness (QED) is 0.247. The zero-order valence-corrected chi connectivity index (χ0v) is 18.7. The van der Waals surface area contributed by atoms with Gasteiger partial charge in [0.05, 0.1) is 12.3 Å². The molecule has 0 saturated heterocycles. The van der Waals surface area contributed by atoms with Gasteiger partial charge in [0.1, 0.15) is 0 Å². The van der Waals surface area contributed by atoms with Crippen molar-refractivity contribution >= 4 is 46.4 Å². The highest BCUT2D eigenvalue weighted by Gasteiger charge is 2.16. The van der Waals surface area contributed by atoms with Crippen LogP contribution in [0.3, 0.4) is 0 Å². The first-order valence-corrected chi connectivity index (χ1v) is 11.2. The Labute approximate surface area is 194 Å². The number of halogens is 2.